The van der Waals surface area contributed by atoms with Gasteiger partial charge in [-0.2, -0.15) is 0 Å². The Hall–Kier alpha value is -0.560. The maximum Gasteiger partial charge on any atom is 0.0348 e. The zero-order valence-electron chi connectivity index (χ0n) is 11.3. The lowest BCUT2D eigenvalue weighted by molar-refractivity contribution is 0.486. The van der Waals surface area contributed by atoms with Gasteiger partial charge in [0.25, 0.3) is 0 Å². The highest BCUT2D eigenvalue weighted by molar-refractivity contribution is 5.29. The normalized spacial score (nSPS) is 31.1. The molecule has 2 unspecified atom stereocenters. The van der Waals surface area contributed by atoms with Crippen LogP contribution in [0.3, 0.4) is 0 Å². The molecule has 1 rings (SSSR count). The van der Waals surface area contributed by atoms with Crippen LogP contribution < -0.4 is 5.73 Å². The molecule has 0 spiro atoms. The van der Waals surface area contributed by atoms with Crippen molar-refractivity contribution in [2.24, 2.45) is 11.7 Å². The van der Waals surface area contributed by atoms with E-state index in [-0.39, 0.29) is 5.54 Å². The highest BCUT2D eigenvalue weighted by atomic mass is 14.7. The standard InChI is InChI=1S/C15H27N/c1-5-9-12(2)13(3)14-10-7-6-8-11-15(14,4)16/h6-7,12H,5,8-11,16H2,1-4H3/b14-13-. The van der Waals surface area contributed by atoms with E-state index in [1.165, 1.54) is 24.0 Å². The van der Waals surface area contributed by atoms with Gasteiger partial charge >= 0.3 is 0 Å². The summed E-state index contributed by atoms with van der Waals surface area (Å²) in [6.45, 7) is 9.05. The van der Waals surface area contributed by atoms with Crippen LogP contribution in [-0.2, 0) is 0 Å². The van der Waals surface area contributed by atoms with Gasteiger partial charge in [-0.25, -0.2) is 0 Å². The molecule has 1 nitrogen and oxygen atoms in total. The van der Waals surface area contributed by atoms with E-state index >= 15 is 0 Å². The van der Waals surface area contributed by atoms with Crippen molar-refractivity contribution in [1.82, 2.24) is 0 Å². The van der Waals surface area contributed by atoms with Crippen molar-refractivity contribution in [2.45, 2.75) is 65.3 Å². The molecule has 1 aliphatic rings. The lowest BCUT2D eigenvalue weighted by atomic mass is 9.81. The van der Waals surface area contributed by atoms with Gasteiger partial charge in [0.15, 0.2) is 0 Å². The Kier molecular flexibility index (Phi) is 4.79. The minimum absolute atomic E-state index is 0.102. The molecule has 1 aliphatic carbocycles. The van der Waals surface area contributed by atoms with Crippen molar-refractivity contribution in [2.75, 3.05) is 0 Å². The fourth-order valence-electron chi connectivity index (χ4n) is 2.64. The van der Waals surface area contributed by atoms with Crippen molar-refractivity contribution >= 4 is 0 Å². The van der Waals surface area contributed by atoms with Crippen LogP contribution in [0.4, 0.5) is 0 Å². The quantitative estimate of drug-likeness (QED) is 0.710. The second-order valence-corrected chi connectivity index (χ2v) is 5.48. The van der Waals surface area contributed by atoms with Gasteiger partial charge in [-0.1, -0.05) is 38.0 Å². The molecule has 0 fully saturated rings. The monoisotopic (exact) mass is 221 g/mol. The molecule has 0 radical (unpaired) electrons. The Morgan fingerprint density at radius 1 is 1.50 bits per heavy atom. The summed E-state index contributed by atoms with van der Waals surface area (Å²) in [4.78, 5) is 0. The van der Waals surface area contributed by atoms with Crippen LogP contribution in [-0.4, -0.2) is 5.54 Å². The zero-order chi connectivity index (χ0) is 12.2. The summed E-state index contributed by atoms with van der Waals surface area (Å²) in [5, 5.41) is 0. The summed E-state index contributed by atoms with van der Waals surface area (Å²) in [5.74, 6) is 0.675. The molecule has 16 heavy (non-hydrogen) atoms. The van der Waals surface area contributed by atoms with Crippen molar-refractivity contribution in [3.05, 3.63) is 23.3 Å². The third kappa shape index (κ3) is 3.21. The van der Waals surface area contributed by atoms with Gasteiger partial charge in [0.2, 0.25) is 0 Å². The second-order valence-electron chi connectivity index (χ2n) is 5.48. The van der Waals surface area contributed by atoms with Crippen LogP contribution in [0.1, 0.15) is 59.8 Å². The van der Waals surface area contributed by atoms with Gasteiger partial charge in [0.1, 0.15) is 0 Å². The second kappa shape index (κ2) is 5.67. The predicted octanol–water partition coefficient (Wildman–Crippen LogP) is 4.20. The first-order valence-electron chi connectivity index (χ1n) is 6.63. The van der Waals surface area contributed by atoms with E-state index in [2.05, 4.69) is 39.8 Å². The summed E-state index contributed by atoms with van der Waals surface area (Å²) >= 11 is 0. The molecule has 92 valence electrons. The largest absolute Gasteiger partial charge is 0.322 e. The van der Waals surface area contributed by atoms with Gasteiger partial charge in [-0.3, -0.25) is 0 Å². The minimum Gasteiger partial charge on any atom is -0.322 e. The topological polar surface area (TPSA) is 26.0 Å². The maximum atomic E-state index is 6.46. The third-order valence-corrected chi connectivity index (χ3v) is 3.95. The summed E-state index contributed by atoms with van der Waals surface area (Å²) in [5.41, 5.74) is 9.36. The Morgan fingerprint density at radius 3 is 2.81 bits per heavy atom. The highest BCUT2D eigenvalue weighted by Crippen LogP contribution is 2.32. The summed E-state index contributed by atoms with van der Waals surface area (Å²) < 4.78 is 0. The first-order valence-corrected chi connectivity index (χ1v) is 6.63. The lowest BCUT2D eigenvalue weighted by Crippen LogP contribution is -2.38. The van der Waals surface area contributed by atoms with Gasteiger partial charge < -0.3 is 5.73 Å². The molecular formula is C15H27N. The molecule has 2 atom stereocenters. The van der Waals surface area contributed by atoms with E-state index in [9.17, 15) is 0 Å². The van der Waals surface area contributed by atoms with E-state index in [4.69, 9.17) is 5.73 Å². The zero-order valence-corrected chi connectivity index (χ0v) is 11.3. The minimum atomic E-state index is -0.102. The summed E-state index contributed by atoms with van der Waals surface area (Å²) in [7, 11) is 0. The van der Waals surface area contributed by atoms with Crippen LogP contribution in [0, 0.1) is 5.92 Å². The van der Waals surface area contributed by atoms with Crippen LogP contribution >= 0.6 is 0 Å². The lowest BCUT2D eigenvalue weighted by Gasteiger charge is -2.30. The molecule has 0 aromatic rings. The molecule has 0 saturated carbocycles. The molecule has 0 heterocycles. The average molecular weight is 221 g/mol. The third-order valence-electron chi connectivity index (χ3n) is 3.95. The van der Waals surface area contributed by atoms with Gasteiger partial charge in [-0.15, -0.1) is 0 Å². The van der Waals surface area contributed by atoms with E-state index in [0.717, 1.165) is 19.3 Å². The number of hydrogen-bond acceptors (Lipinski definition) is 1. The molecule has 0 bridgehead atoms. The first-order chi connectivity index (χ1) is 7.49. The molecule has 0 aromatic heterocycles. The van der Waals surface area contributed by atoms with Crippen LogP contribution in [0.5, 0.6) is 0 Å². The summed E-state index contributed by atoms with van der Waals surface area (Å²) in [6, 6.07) is 0. The van der Waals surface area contributed by atoms with E-state index in [0.29, 0.717) is 5.92 Å². The average Bonchev–Trinajstić information content (AvgIpc) is 2.38. The smallest absolute Gasteiger partial charge is 0.0348 e. The number of allylic oxidation sites excluding steroid dienone is 3. The Morgan fingerprint density at radius 2 is 2.19 bits per heavy atom. The number of rotatable bonds is 3. The Balaban J connectivity index is 2.95. The van der Waals surface area contributed by atoms with Gasteiger partial charge in [0, 0.05) is 5.54 Å². The molecule has 2 N–H and O–H groups in total. The number of nitrogens with two attached hydrogens (primary N) is 1. The first kappa shape index (κ1) is 13.5. The predicted molar refractivity (Wildman–Crippen MR) is 72.4 cm³/mol. The Labute approximate surface area is 101 Å². The van der Waals surface area contributed by atoms with Crippen LogP contribution in [0.25, 0.3) is 0 Å². The highest BCUT2D eigenvalue weighted by Gasteiger charge is 2.26. The SMILES string of the molecule is CCCC(C)/C(C)=C1/CC=CCCC1(C)N. The Bertz CT molecular complexity index is 284. The number of hydrogen-bond donors (Lipinski definition) is 1. The molecule has 0 saturated heterocycles. The van der Waals surface area contributed by atoms with Crippen LogP contribution in [0.15, 0.2) is 23.3 Å². The molecule has 0 aromatic carbocycles. The van der Waals surface area contributed by atoms with Crippen molar-refractivity contribution in [3.8, 4) is 0 Å². The maximum absolute atomic E-state index is 6.46. The van der Waals surface area contributed by atoms with Crippen molar-refractivity contribution in [1.29, 1.82) is 0 Å². The van der Waals surface area contributed by atoms with Gasteiger partial charge in [-0.05, 0) is 51.0 Å². The van der Waals surface area contributed by atoms with Crippen LogP contribution in [0.2, 0.25) is 0 Å². The molecular weight excluding hydrogens is 194 g/mol. The summed E-state index contributed by atoms with van der Waals surface area (Å²) in [6.07, 6.45) is 10.3. The van der Waals surface area contributed by atoms with E-state index < -0.39 is 0 Å². The molecule has 0 amide bonds. The van der Waals surface area contributed by atoms with Crippen molar-refractivity contribution in [3.63, 3.8) is 0 Å². The van der Waals surface area contributed by atoms with E-state index in [1.54, 1.807) is 0 Å². The molecule has 1 heteroatoms. The van der Waals surface area contributed by atoms with Gasteiger partial charge in [0.05, 0.1) is 0 Å². The fourth-order valence-corrected chi connectivity index (χ4v) is 2.64. The van der Waals surface area contributed by atoms with E-state index in [1.807, 2.05) is 0 Å². The fraction of sp³-hybridized carbons (Fsp3) is 0.733. The molecule has 0 aliphatic heterocycles. The van der Waals surface area contributed by atoms with Crippen molar-refractivity contribution < 1.29 is 0 Å².